The molecule has 2 aromatic rings. The summed E-state index contributed by atoms with van der Waals surface area (Å²) in [6.07, 6.45) is 5.17. The fourth-order valence-corrected chi connectivity index (χ4v) is 5.03. The number of hydrazine groups is 1. The van der Waals surface area contributed by atoms with Gasteiger partial charge < -0.3 is 0 Å². The van der Waals surface area contributed by atoms with Gasteiger partial charge in [-0.1, -0.05) is 0 Å². The largest absolute Gasteiger partial charge is 0.271 e. The van der Waals surface area contributed by atoms with Crippen LogP contribution < -0.4 is 11.3 Å². The molecule has 0 aromatic carbocycles. The first-order chi connectivity index (χ1) is 8.79. The highest BCUT2D eigenvalue weighted by atomic mass is 32.1. The molecule has 2 nitrogen and oxygen atoms in total. The van der Waals surface area contributed by atoms with E-state index in [0.29, 0.717) is 0 Å². The maximum Gasteiger partial charge on any atom is 0.0897 e. The number of thiophene rings is 2. The van der Waals surface area contributed by atoms with E-state index in [1.54, 1.807) is 21.8 Å². The van der Waals surface area contributed by atoms with Gasteiger partial charge in [-0.25, -0.2) is 5.43 Å². The van der Waals surface area contributed by atoms with Crippen molar-refractivity contribution in [3.63, 3.8) is 0 Å². The summed E-state index contributed by atoms with van der Waals surface area (Å²) in [4.78, 5) is 4.29. The first kappa shape index (κ1) is 12.4. The molecule has 1 aliphatic rings. The van der Waals surface area contributed by atoms with Crippen molar-refractivity contribution < 1.29 is 0 Å². The van der Waals surface area contributed by atoms with Gasteiger partial charge in [0, 0.05) is 14.6 Å². The molecular weight excluding hydrogens is 260 g/mol. The highest BCUT2D eigenvalue weighted by Gasteiger charge is 2.21. The van der Waals surface area contributed by atoms with Crippen molar-refractivity contribution in [1.29, 1.82) is 0 Å². The maximum atomic E-state index is 5.79. The van der Waals surface area contributed by atoms with E-state index in [4.69, 9.17) is 5.84 Å². The summed E-state index contributed by atoms with van der Waals surface area (Å²) < 4.78 is 0. The predicted octanol–water partition coefficient (Wildman–Crippen LogP) is 3.55. The Hall–Kier alpha value is -0.680. The van der Waals surface area contributed by atoms with Crippen LogP contribution in [-0.4, -0.2) is 0 Å². The normalized spacial score (nSPS) is 16.6. The van der Waals surface area contributed by atoms with E-state index >= 15 is 0 Å². The molecule has 2 aromatic heterocycles. The second kappa shape index (κ2) is 5.13. The number of nitrogens with one attached hydrogen (secondary N) is 1. The summed E-state index contributed by atoms with van der Waals surface area (Å²) in [6.45, 7) is 2.16. The van der Waals surface area contributed by atoms with E-state index in [-0.39, 0.29) is 6.04 Å². The highest BCUT2D eigenvalue weighted by Crippen LogP contribution is 2.37. The molecule has 2 heterocycles. The van der Waals surface area contributed by atoms with Gasteiger partial charge >= 0.3 is 0 Å². The lowest BCUT2D eigenvalue weighted by Crippen LogP contribution is -2.28. The van der Waals surface area contributed by atoms with Crippen LogP contribution in [0.3, 0.4) is 0 Å². The van der Waals surface area contributed by atoms with E-state index in [2.05, 4.69) is 29.9 Å². The van der Waals surface area contributed by atoms with Gasteiger partial charge in [0.25, 0.3) is 0 Å². The lowest BCUT2D eigenvalue weighted by Gasteiger charge is -2.13. The van der Waals surface area contributed by atoms with Gasteiger partial charge in [-0.15, -0.1) is 22.7 Å². The molecule has 3 rings (SSSR count). The summed E-state index contributed by atoms with van der Waals surface area (Å²) in [5.41, 5.74) is 5.87. The van der Waals surface area contributed by atoms with Crippen molar-refractivity contribution in [2.45, 2.75) is 38.6 Å². The molecule has 1 aliphatic carbocycles. The molecular formula is C14H18N2S2. The first-order valence-electron chi connectivity index (χ1n) is 6.41. The molecule has 1 atom stereocenters. The van der Waals surface area contributed by atoms with Crippen molar-refractivity contribution in [3.05, 3.63) is 43.3 Å². The minimum Gasteiger partial charge on any atom is -0.271 e. The van der Waals surface area contributed by atoms with Crippen LogP contribution in [-0.2, 0) is 12.8 Å². The van der Waals surface area contributed by atoms with Crippen LogP contribution in [0.25, 0.3) is 0 Å². The molecule has 3 N–H and O–H groups in total. The van der Waals surface area contributed by atoms with Crippen molar-refractivity contribution >= 4 is 22.7 Å². The predicted molar refractivity (Wildman–Crippen MR) is 79.2 cm³/mol. The number of hydrogen-bond acceptors (Lipinski definition) is 4. The lowest BCUT2D eigenvalue weighted by atomic mass is 9.98. The lowest BCUT2D eigenvalue weighted by molar-refractivity contribution is 0.652. The van der Waals surface area contributed by atoms with E-state index in [1.807, 2.05) is 11.3 Å². The number of hydrogen-bond donors (Lipinski definition) is 2. The molecule has 4 heteroatoms. The van der Waals surface area contributed by atoms with Gasteiger partial charge in [-0.05, 0) is 61.2 Å². The molecule has 0 bridgehead atoms. The van der Waals surface area contributed by atoms with Crippen molar-refractivity contribution in [3.8, 4) is 0 Å². The van der Waals surface area contributed by atoms with Crippen molar-refractivity contribution in [2.24, 2.45) is 5.84 Å². The minimum atomic E-state index is 0.167. The van der Waals surface area contributed by atoms with Crippen LogP contribution >= 0.6 is 22.7 Å². The molecule has 0 aliphatic heterocycles. The molecule has 0 radical (unpaired) electrons. The van der Waals surface area contributed by atoms with Gasteiger partial charge in [-0.2, -0.15) is 0 Å². The van der Waals surface area contributed by atoms with Gasteiger partial charge in [0.1, 0.15) is 0 Å². The maximum absolute atomic E-state index is 5.79. The number of fused-ring (bicyclic) bond motifs is 1. The van der Waals surface area contributed by atoms with Gasteiger partial charge in [0.15, 0.2) is 0 Å². The monoisotopic (exact) mass is 278 g/mol. The van der Waals surface area contributed by atoms with Crippen molar-refractivity contribution in [2.75, 3.05) is 0 Å². The van der Waals surface area contributed by atoms with Crippen LogP contribution in [0, 0.1) is 6.92 Å². The Morgan fingerprint density at radius 1 is 1.33 bits per heavy atom. The van der Waals surface area contributed by atoms with E-state index in [9.17, 15) is 0 Å². The zero-order valence-corrected chi connectivity index (χ0v) is 12.2. The second-order valence-corrected chi connectivity index (χ2v) is 6.99. The van der Waals surface area contributed by atoms with Gasteiger partial charge in [0.05, 0.1) is 6.04 Å². The van der Waals surface area contributed by atoms with Crippen molar-refractivity contribution in [1.82, 2.24) is 5.43 Å². The molecule has 0 spiro atoms. The average Bonchev–Trinajstić information content (AvgIpc) is 2.97. The zero-order valence-electron chi connectivity index (χ0n) is 10.5. The third-order valence-electron chi connectivity index (χ3n) is 3.63. The molecule has 0 amide bonds. The Bertz CT molecular complexity index is 518. The van der Waals surface area contributed by atoms with Crippen LogP contribution in [0.4, 0.5) is 0 Å². The fourth-order valence-electron chi connectivity index (χ4n) is 2.62. The topological polar surface area (TPSA) is 38.0 Å². The molecule has 18 heavy (non-hydrogen) atoms. The van der Waals surface area contributed by atoms with Crippen LogP contribution in [0.15, 0.2) is 17.5 Å². The molecule has 0 saturated heterocycles. The summed E-state index contributed by atoms with van der Waals surface area (Å²) >= 11 is 3.73. The molecule has 1 unspecified atom stereocenters. The van der Waals surface area contributed by atoms with Crippen LogP contribution in [0.1, 0.15) is 44.6 Å². The van der Waals surface area contributed by atoms with Crippen LogP contribution in [0.2, 0.25) is 0 Å². The Labute approximate surface area is 116 Å². The summed E-state index contributed by atoms with van der Waals surface area (Å²) in [7, 11) is 0. The highest BCUT2D eigenvalue weighted by molar-refractivity contribution is 7.13. The van der Waals surface area contributed by atoms with Gasteiger partial charge in [0.2, 0.25) is 0 Å². The third-order valence-corrected chi connectivity index (χ3v) is 6.02. The van der Waals surface area contributed by atoms with Gasteiger partial charge in [-0.3, -0.25) is 5.84 Å². The summed E-state index contributed by atoms with van der Waals surface area (Å²) in [5, 5.41) is 2.14. The zero-order chi connectivity index (χ0) is 12.5. The SMILES string of the molecule is Cc1ccsc1C(NN)c1cc2c(s1)CCCC2. The van der Waals surface area contributed by atoms with E-state index < -0.39 is 0 Å². The smallest absolute Gasteiger partial charge is 0.0897 e. The minimum absolute atomic E-state index is 0.167. The Morgan fingerprint density at radius 2 is 2.17 bits per heavy atom. The molecule has 0 fully saturated rings. The Kier molecular flexibility index (Phi) is 3.52. The summed E-state index contributed by atoms with van der Waals surface area (Å²) in [6, 6.07) is 4.70. The quantitative estimate of drug-likeness (QED) is 0.665. The Morgan fingerprint density at radius 3 is 2.83 bits per heavy atom. The number of aryl methyl sites for hydroxylation is 3. The molecule has 0 saturated carbocycles. The third kappa shape index (κ3) is 2.14. The average molecular weight is 278 g/mol. The second-order valence-electron chi connectivity index (χ2n) is 4.87. The molecule has 96 valence electrons. The summed E-state index contributed by atoms with van der Waals surface area (Å²) in [5.74, 6) is 5.79. The van der Waals surface area contributed by atoms with E-state index in [1.165, 1.54) is 41.0 Å². The van der Waals surface area contributed by atoms with Crippen LogP contribution in [0.5, 0.6) is 0 Å². The van der Waals surface area contributed by atoms with E-state index in [0.717, 1.165) is 0 Å². The standard InChI is InChI=1S/C14H18N2S2/c1-9-6-7-17-14(9)13(16-15)12-8-10-4-2-3-5-11(10)18-12/h6-8,13,16H,2-5,15H2,1H3. The first-order valence-corrected chi connectivity index (χ1v) is 8.11. The number of nitrogens with two attached hydrogens (primary N) is 1. The Balaban J connectivity index is 1.97. The number of rotatable bonds is 3. The fraction of sp³-hybridized carbons (Fsp3) is 0.429.